The third-order valence-electron chi connectivity index (χ3n) is 3.01. The predicted molar refractivity (Wildman–Crippen MR) is 82.6 cm³/mol. The fourth-order valence-corrected chi connectivity index (χ4v) is 1.98. The van der Waals surface area contributed by atoms with Crippen molar-refractivity contribution in [1.29, 1.82) is 0 Å². The molecule has 130 valence electrons. The molecule has 1 aromatic heterocycles. The standard InChI is InChI=1S/C14H17F3N6O/c1-2-12-22-20-9-23(12)8-7-19-13(18)21-10-5-3-4-6-11(10)24-14(15,16)17/h3-6,9H,2,7-8H2,1H3,(H3,18,19,21). The van der Waals surface area contributed by atoms with Gasteiger partial charge in [0.1, 0.15) is 12.2 Å². The maximum Gasteiger partial charge on any atom is 0.573 e. The molecule has 0 fully saturated rings. The molecule has 1 aromatic carbocycles. The summed E-state index contributed by atoms with van der Waals surface area (Å²) in [6.45, 7) is 2.79. The van der Waals surface area contributed by atoms with Gasteiger partial charge >= 0.3 is 6.36 Å². The van der Waals surface area contributed by atoms with Crippen LogP contribution in [0.15, 0.2) is 35.6 Å². The van der Waals surface area contributed by atoms with E-state index in [4.69, 9.17) is 5.73 Å². The number of ether oxygens (including phenoxy) is 1. The number of rotatable bonds is 6. The van der Waals surface area contributed by atoms with E-state index in [9.17, 15) is 13.2 Å². The number of benzene rings is 1. The predicted octanol–water partition coefficient (Wildman–Crippen LogP) is 2.17. The van der Waals surface area contributed by atoms with E-state index >= 15 is 0 Å². The average Bonchev–Trinajstić information content (AvgIpc) is 2.95. The molecule has 0 spiro atoms. The molecule has 0 radical (unpaired) electrons. The lowest BCUT2D eigenvalue weighted by Crippen LogP contribution is -2.25. The number of nitrogens with two attached hydrogens (primary N) is 1. The van der Waals surface area contributed by atoms with Crippen LogP contribution in [-0.2, 0) is 13.0 Å². The van der Waals surface area contributed by atoms with E-state index in [0.717, 1.165) is 12.2 Å². The van der Waals surface area contributed by atoms with E-state index < -0.39 is 6.36 Å². The molecular formula is C14H17F3N6O. The van der Waals surface area contributed by atoms with Crippen molar-refractivity contribution in [2.45, 2.75) is 26.3 Å². The Morgan fingerprint density at radius 3 is 2.83 bits per heavy atom. The van der Waals surface area contributed by atoms with E-state index in [2.05, 4.69) is 25.2 Å². The normalized spacial score (nSPS) is 12.2. The monoisotopic (exact) mass is 342 g/mol. The summed E-state index contributed by atoms with van der Waals surface area (Å²) >= 11 is 0. The highest BCUT2D eigenvalue weighted by atomic mass is 19.4. The Morgan fingerprint density at radius 2 is 2.12 bits per heavy atom. The van der Waals surface area contributed by atoms with Crippen LogP contribution in [0.2, 0.25) is 0 Å². The van der Waals surface area contributed by atoms with Crippen molar-refractivity contribution < 1.29 is 17.9 Å². The summed E-state index contributed by atoms with van der Waals surface area (Å²) < 4.78 is 42.9. The average molecular weight is 342 g/mol. The minimum atomic E-state index is -4.78. The number of nitrogens with zero attached hydrogens (tertiary/aromatic N) is 4. The number of aromatic nitrogens is 3. The highest BCUT2D eigenvalue weighted by molar-refractivity contribution is 5.93. The molecule has 1 heterocycles. The van der Waals surface area contributed by atoms with Gasteiger partial charge in [0.2, 0.25) is 0 Å². The van der Waals surface area contributed by atoms with Crippen molar-refractivity contribution in [3.63, 3.8) is 0 Å². The molecule has 10 heteroatoms. The van der Waals surface area contributed by atoms with Crippen molar-refractivity contribution in [2.75, 3.05) is 11.9 Å². The molecule has 0 amide bonds. The number of guanidine groups is 1. The Bertz CT molecular complexity index is 698. The first-order valence-electron chi connectivity index (χ1n) is 7.17. The Hall–Kier alpha value is -2.78. The van der Waals surface area contributed by atoms with Crippen LogP contribution < -0.4 is 15.8 Å². The van der Waals surface area contributed by atoms with Gasteiger partial charge in [0, 0.05) is 13.0 Å². The summed E-state index contributed by atoms with van der Waals surface area (Å²) in [5.41, 5.74) is 5.79. The second kappa shape index (κ2) is 7.66. The van der Waals surface area contributed by atoms with Gasteiger partial charge < -0.3 is 20.4 Å². The molecule has 0 bridgehead atoms. The molecule has 0 unspecified atom stereocenters. The van der Waals surface area contributed by atoms with Crippen LogP contribution >= 0.6 is 0 Å². The summed E-state index contributed by atoms with van der Waals surface area (Å²) in [6.07, 6.45) is -2.46. The zero-order valence-electron chi connectivity index (χ0n) is 12.9. The minimum Gasteiger partial charge on any atom is -0.404 e. The number of nitrogens with one attached hydrogen (secondary N) is 1. The number of anilines is 1. The first-order valence-corrected chi connectivity index (χ1v) is 7.17. The maximum absolute atomic E-state index is 12.4. The van der Waals surface area contributed by atoms with Gasteiger partial charge in [-0.15, -0.1) is 23.4 Å². The topological polar surface area (TPSA) is 90.4 Å². The fraction of sp³-hybridized carbons (Fsp3) is 0.357. The lowest BCUT2D eigenvalue weighted by molar-refractivity contribution is -0.274. The molecular weight excluding hydrogens is 325 g/mol. The SMILES string of the molecule is CCc1nncn1CCN=C(N)Nc1ccccc1OC(F)(F)F. The number of aliphatic imine (C=N–C) groups is 1. The van der Waals surface area contributed by atoms with E-state index in [1.54, 1.807) is 12.4 Å². The summed E-state index contributed by atoms with van der Waals surface area (Å²) in [5.74, 6) is 0.426. The molecule has 2 aromatic rings. The Balaban J connectivity index is 1.98. The largest absolute Gasteiger partial charge is 0.573 e. The van der Waals surface area contributed by atoms with Gasteiger partial charge in [0.25, 0.3) is 0 Å². The van der Waals surface area contributed by atoms with Crippen LogP contribution in [-0.4, -0.2) is 33.6 Å². The molecule has 0 saturated carbocycles. The molecule has 0 aliphatic carbocycles. The smallest absolute Gasteiger partial charge is 0.404 e. The lowest BCUT2D eigenvalue weighted by atomic mass is 10.3. The molecule has 0 aliphatic heterocycles. The van der Waals surface area contributed by atoms with Crippen molar-refractivity contribution in [3.05, 3.63) is 36.4 Å². The van der Waals surface area contributed by atoms with Gasteiger partial charge in [-0.05, 0) is 12.1 Å². The number of para-hydroxylation sites is 2. The van der Waals surface area contributed by atoms with Gasteiger partial charge in [-0.3, -0.25) is 4.99 Å². The van der Waals surface area contributed by atoms with Crippen molar-refractivity contribution in [3.8, 4) is 5.75 Å². The van der Waals surface area contributed by atoms with Crippen LogP contribution in [0, 0.1) is 0 Å². The van der Waals surface area contributed by atoms with Gasteiger partial charge in [-0.2, -0.15) is 0 Å². The van der Waals surface area contributed by atoms with E-state index in [1.807, 2.05) is 11.5 Å². The Kier molecular flexibility index (Phi) is 5.61. The quantitative estimate of drug-likeness (QED) is 0.620. The van der Waals surface area contributed by atoms with Crippen molar-refractivity contribution in [1.82, 2.24) is 14.8 Å². The number of hydrogen-bond donors (Lipinski definition) is 2. The second-order valence-electron chi connectivity index (χ2n) is 4.73. The number of aryl methyl sites for hydroxylation is 1. The molecule has 2 rings (SSSR count). The summed E-state index contributed by atoms with van der Waals surface area (Å²) in [6, 6.07) is 5.59. The van der Waals surface area contributed by atoms with E-state index in [1.165, 1.54) is 18.2 Å². The van der Waals surface area contributed by atoms with Crippen LogP contribution in [0.1, 0.15) is 12.7 Å². The number of halogens is 3. The minimum absolute atomic E-state index is 0.0145. The summed E-state index contributed by atoms with van der Waals surface area (Å²) in [5, 5.41) is 10.3. The number of hydrogen-bond acceptors (Lipinski definition) is 4. The number of alkyl halides is 3. The third-order valence-corrected chi connectivity index (χ3v) is 3.01. The first kappa shape index (κ1) is 17.6. The fourth-order valence-electron chi connectivity index (χ4n) is 1.98. The van der Waals surface area contributed by atoms with Gasteiger partial charge in [-0.1, -0.05) is 19.1 Å². The Morgan fingerprint density at radius 1 is 1.38 bits per heavy atom. The lowest BCUT2D eigenvalue weighted by Gasteiger charge is -2.14. The highest BCUT2D eigenvalue weighted by Gasteiger charge is 2.32. The van der Waals surface area contributed by atoms with Crippen LogP contribution in [0.3, 0.4) is 0 Å². The second-order valence-corrected chi connectivity index (χ2v) is 4.73. The summed E-state index contributed by atoms with van der Waals surface area (Å²) in [7, 11) is 0. The first-order chi connectivity index (χ1) is 11.4. The molecule has 0 saturated heterocycles. The van der Waals surface area contributed by atoms with Crippen molar-refractivity contribution in [2.24, 2.45) is 10.7 Å². The van der Waals surface area contributed by atoms with Gasteiger partial charge in [-0.25, -0.2) is 0 Å². The molecule has 3 N–H and O–H groups in total. The molecule has 0 atom stereocenters. The highest BCUT2D eigenvalue weighted by Crippen LogP contribution is 2.29. The van der Waals surface area contributed by atoms with Crippen LogP contribution in [0.25, 0.3) is 0 Å². The van der Waals surface area contributed by atoms with Crippen LogP contribution in [0.4, 0.5) is 18.9 Å². The zero-order chi connectivity index (χ0) is 17.6. The van der Waals surface area contributed by atoms with E-state index in [0.29, 0.717) is 13.1 Å². The molecule has 24 heavy (non-hydrogen) atoms. The third kappa shape index (κ3) is 5.14. The van der Waals surface area contributed by atoms with Gasteiger partial charge in [0.15, 0.2) is 11.7 Å². The maximum atomic E-state index is 12.4. The molecule has 0 aliphatic rings. The van der Waals surface area contributed by atoms with E-state index in [-0.39, 0.29) is 17.4 Å². The van der Waals surface area contributed by atoms with Gasteiger partial charge in [0.05, 0.1) is 12.2 Å². The Labute approximate surface area is 136 Å². The van der Waals surface area contributed by atoms with Crippen molar-refractivity contribution >= 4 is 11.6 Å². The zero-order valence-corrected chi connectivity index (χ0v) is 12.9. The summed E-state index contributed by atoms with van der Waals surface area (Å²) in [4.78, 5) is 4.08. The van der Waals surface area contributed by atoms with Crippen LogP contribution in [0.5, 0.6) is 5.75 Å². The molecule has 7 nitrogen and oxygen atoms in total.